The lowest BCUT2D eigenvalue weighted by Crippen LogP contribution is -2.25. The molecule has 0 saturated carbocycles. The molecular formula is C16H13F6N3O4. The number of alkyl halides is 6. The number of hydrogen-bond acceptors (Lipinski definition) is 5. The maximum Gasteiger partial charge on any atom is 0.433 e. The van der Waals surface area contributed by atoms with Crippen LogP contribution in [0.15, 0.2) is 36.7 Å². The van der Waals surface area contributed by atoms with Gasteiger partial charge >= 0.3 is 18.3 Å². The van der Waals surface area contributed by atoms with Crippen molar-refractivity contribution < 1.29 is 45.9 Å². The van der Waals surface area contributed by atoms with Crippen LogP contribution < -0.4 is 0 Å². The number of halogens is 6. The number of carboxylic acid groups (broad SMARTS) is 1. The molecule has 1 N–H and O–H groups in total. The predicted molar refractivity (Wildman–Crippen MR) is 84.5 cm³/mol. The van der Waals surface area contributed by atoms with E-state index >= 15 is 0 Å². The second-order valence-corrected chi connectivity index (χ2v) is 5.15. The number of amides is 1. The molecule has 0 spiro atoms. The summed E-state index contributed by atoms with van der Waals surface area (Å²) in [4.78, 5) is 32.4. The number of carboxylic acids is 1. The third-order valence-electron chi connectivity index (χ3n) is 3.16. The molecular weight excluding hydrogens is 412 g/mol. The van der Waals surface area contributed by atoms with Gasteiger partial charge < -0.3 is 5.11 Å². The lowest BCUT2D eigenvalue weighted by atomic mass is 10.2. The highest BCUT2D eigenvalue weighted by Gasteiger charge is 2.33. The standard InChI is InChI=1S/C9H9F3N2O2.C7H4F3NO2/c1-14(16-2)8(15)6-3-4-7(13-5-6)9(10,11)12;8-7(9,10)5-2-1-4(3-11-5)6(12)13/h3-5H,1-2H3;1-3H,(H,12,13). The van der Waals surface area contributed by atoms with Gasteiger partial charge in [0.05, 0.1) is 18.2 Å². The first-order valence-electron chi connectivity index (χ1n) is 7.39. The third-order valence-corrected chi connectivity index (χ3v) is 3.16. The van der Waals surface area contributed by atoms with E-state index in [0.29, 0.717) is 12.3 Å². The fraction of sp³-hybridized carbons (Fsp3) is 0.250. The minimum atomic E-state index is -4.53. The average molecular weight is 425 g/mol. The maximum atomic E-state index is 12.2. The number of carbonyl (C=O) groups is 2. The number of pyridine rings is 2. The zero-order chi connectivity index (χ0) is 22.4. The Labute approximate surface area is 159 Å². The van der Waals surface area contributed by atoms with Crippen LogP contribution in [-0.2, 0) is 17.2 Å². The lowest BCUT2D eigenvalue weighted by molar-refractivity contribution is -0.142. The number of nitrogens with zero attached hydrogens (tertiary/aromatic N) is 3. The van der Waals surface area contributed by atoms with Crippen molar-refractivity contribution in [3.05, 3.63) is 59.2 Å². The Morgan fingerprint density at radius 1 is 0.897 bits per heavy atom. The first kappa shape index (κ1) is 23.8. The van der Waals surface area contributed by atoms with Crippen molar-refractivity contribution in [2.75, 3.05) is 14.2 Å². The van der Waals surface area contributed by atoms with Crippen LogP contribution in [-0.4, -0.2) is 46.2 Å². The van der Waals surface area contributed by atoms with E-state index in [4.69, 9.17) is 5.11 Å². The Hall–Kier alpha value is -3.22. The number of carbonyl (C=O) groups excluding carboxylic acids is 1. The molecule has 0 fully saturated rings. The monoisotopic (exact) mass is 425 g/mol. The highest BCUT2D eigenvalue weighted by atomic mass is 19.4. The summed E-state index contributed by atoms with van der Waals surface area (Å²) in [6, 6.07) is 3.28. The average Bonchev–Trinajstić information content (AvgIpc) is 2.66. The first-order chi connectivity index (χ1) is 13.3. The SMILES string of the molecule is CON(C)C(=O)c1ccc(C(F)(F)F)nc1.O=C(O)c1ccc(C(F)(F)F)nc1. The van der Waals surface area contributed by atoms with Crippen LogP contribution in [0.4, 0.5) is 26.3 Å². The molecule has 2 aromatic heterocycles. The van der Waals surface area contributed by atoms with Gasteiger partial charge in [0.25, 0.3) is 5.91 Å². The number of hydrogen-bond donors (Lipinski definition) is 1. The van der Waals surface area contributed by atoms with Gasteiger partial charge in [-0.3, -0.25) is 19.6 Å². The summed E-state index contributed by atoms with van der Waals surface area (Å²) in [5.41, 5.74) is -2.38. The lowest BCUT2D eigenvalue weighted by Gasteiger charge is -2.13. The molecule has 0 radical (unpaired) electrons. The van der Waals surface area contributed by atoms with Crippen molar-refractivity contribution in [3.8, 4) is 0 Å². The molecule has 158 valence electrons. The van der Waals surface area contributed by atoms with E-state index in [2.05, 4.69) is 14.8 Å². The molecule has 29 heavy (non-hydrogen) atoms. The molecule has 2 rings (SSSR count). The predicted octanol–water partition coefficient (Wildman–Crippen LogP) is 3.53. The van der Waals surface area contributed by atoms with E-state index in [1.54, 1.807) is 0 Å². The highest BCUT2D eigenvalue weighted by molar-refractivity contribution is 5.93. The second kappa shape index (κ2) is 9.32. The van der Waals surface area contributed by atoms with Crippen LogP contribution in [0.3, 0.4) is 0 Å². The van der Waals surface area contributed by atoms with Gasteiger partial charge in [0.15, 0.2) is 0 Å². The zero-order valence-corrected chi connectivity index (χ0v) is 14.7. The van der Waals surface area contributed by atoms with Crippen LogP contribution in [0.25, 0.3) is 0 Å². The van der Waals surface area contributed by atoms with E-state index in [9.17, 15) is 35.9 Å². The van der Waals surface area contributed by atoms with Crippen molar-refractivity contribution in [1.29, 1.82) is 0 Å². The van der Waals surface area contributed by atoms with Gasteiger partial charge in [-0.2, -0.15) is 26.3 Å². The molecule has 0 saturated heterocycles. The summed E-state index contributed by atoms with van der Waals surface area (Å²) in [7, 11) is 2.62. The third kappa shape index (κ3) is 7.03. The molecule has 2 heterocycles. The van der Waals surface area contributed by atoms with Gasteiger partial charge in [-0.25, -0.2) is 9.86 Å². The van der Waals surface area contributed by atoms with Crippen LogP contribution in [0, 0.1) is 0 Å². The summed E-state index contributed by atoms with van der Waals surface area (Å²) in [5.74, 6) is -1.87. The largest absolute Gasteiger partial charge is 0.478 e. The molecule has 0 bridgehead atoms. The van der Waals surface area contributed by atoms with Crippen molar-refractivity contribution >= 4 is 11.9 Å². The molecule has 0 aliphatic carbocycles. The number of hydroxylamine groups is 2. The van der Waals surface area contributed by atoms with Crippen molar-refractivity contribution in [2.24, 2.45) is 0 Å². The van der Waals surface area contributed by atoms with Crippen molar-refractivity contribution in [1.82, 2.24) is 15.0 Å². The summed E-state index contributed by atoms with van der Waals surface area (Å²) < 4.78 is 72.2. The molecule has 0 aliphatic rings. The molecule has 0 aliphatic heterocycles. The summed E-state index contributed by atoms with van der Waals surface area (Å²) in [6.45, 7) is 0. The maximum absolute atomic E-state index is 12.2. The number of aromatic carboxylic acids is 1. The van der Waals surface area contributed by atoms with Gasteiger partial charge in [-0.05, 0) is 24.3 Å². The first-order valence-corrected chi connectivity index (χ1v) is 7.39. The topological polar surface area (TPSA) is 92.6 Å². The molecule has 0 aromatic carbocycles. The fourth-order valence-corrected chi connectivity index (χ4v) is 1.64. The molecule has 7 nitrogen and oxygen atoms in total. The minimum absolute atomic E-state index is 0.0253. The van der Waals surface area contributed by atoms with Gasteiger partial charge in [-0.15, -0.1) is 0 Å². The fourth-order valence-electron chi connectivity index (χ4n) is 1.64. The van der Waals surface area contributed by atoms with E-state index in [1.807, 2.05) is 0 Å². The number of rotatable bonds is 3. The van der Waals surface area contributed by atoms with E-state index in [0.717, 1.165) is 29.5 Å². The quantitative estimate of drug-likeness (QED) is 0.598. The van der Waals surface area contributed by atoms with Crippen LogP contribution >= 0.6 is 0 Å². The van der Waals surface area contributed by atoms with E-state index in [-0.39, 0.29) is 11.1 Å². The Kier molecular flexibility index (Phi) is 7.65. The van der Waals surface area contributed by atoms with Gasteiger partial charge in [0.2, 0.25) is 0 Å². The smallest absolute Gasteiger partial charge is 0.433 e. The van der Waals surface area contributed by atoms with E-state index < -0.39 is 35.6 Å². The van der Waals surface area contributed by atoms with Gasteiger partial charge in [-0.1, -0.05) is 0 Å². The molecule has 13 heteroatoms. The highest BCUT2D eigenvalue weighted by Crippen LogP contribution is 2.28. The summed E-state index contributed by atoms with van der Waals surface area (Å²) in [5, 5.41) is 9.25. The number of aromatic nitrogens is 2. The molecule has 0 atom stereocenters. The molecule has 0 unspecified atom stereocenters. The zero-order valence-electron chi connectivity index (χ0n) is 14.7. The Bertz CT molecular complexity index is 836. The van der Waals surface area contributed by atoms with Crippen molar-refractivity contribution in [2.45, 2.75) is 12.4 Å². The van der Waals surface area contributed by atoms with Crippen LogP contribution in [0.2, 0.25) is 0 Å². The Morgan fingerprint density at radius 3 is 1.59 bits per heavy atom. The van der Waals surface area contributed by atoms with Gasteiger partial charge in [0, 0.05) is 19.4 Å². The summed E-state index contributed by atoms with van der Waals surface area (Å²) >= 11 is 0. The summed E-state index contributed by atoms with van der Waals surface area (Å²) in [6.07, 6.45) is -7.50. The van der Waals surface area contributed by atoms with Crippen LogP contribution in [0.5, 0.6) is 0 Å². The Morgan fingerprint density at radius 2 is 1.31 bits per heavy atom. The minimum Gasteiger partial charge on any atom is -0.478 e. The van der Waals surface area contributed by atoms with Crippen LogP contribution in [0.1, 0.15) is 32.1 Å². The van der Waals surface area contributed by atoms with E-state index in [1.165, 1.54) is 14.2 Å². The van der Waals surface area contributed by atoms with Gasteiger partial charge in [0.1, 0.15) is 11.4 Å². The normalized spacial score (nSPS) is 11.3. The van der Waals surface area contributed by atoms with Crippen molar-refractivity contribution in [3.63, 3.8) is 0 Å². The second-order valence-electron chi connectivity index (χ2n) is 5.15. The molecule has 2 aromatic rings. The molecule has 1 amide bonds. The Balaban J connectivity index is 0.000000296.